The van der Waals surface area contributed by atoms with E-state index < -0.39 is 22.3 Å². The Bertz CT molecular complexity index is 631. The van der Waals surface area contributed by atoms with Gasteiger partial charge in [-0.05, 0) is 24.3 Å². The summed E-state index contributed by atoms with van der Waals surface area (Å²) in [6, 6.07) is 6.11. The van der Waals surface area contributed by atoms with Crippen LogP contribution < -0.4 is 5.32 Å². The fourth-order valence-corrected chi connectivity index (χ4v) is 1.43. The number of nitrogens with zero attached hydrogens (tertiary/aromatic N) is 2. The zero-order valence-electron chi connectivity index (χ0n) is 9.54. The fraction of sp³-hybridized carbons (Fsp3) is 0. The van der Waals surface area contributed by atoms with Gasteiger partial charge in [-0.3, -0.25) is 19.9 Å². The fourth-order valence-electron chi connectivity index (χ4n) is 1.43. The minimum atomic E-state index is -1.05. The van der Waals surface area contributed by atoms with Gasteiger partial charge in [0.05, 0.1) is 4.92 Å². The molecule has 0 atom stereocenters. The maximum Gasteiger partial charge on any atom is 0.304 e. The highest BCUT2D eigenvalue weighted by atomic mass is 19.1. The van der Waals surface area contributed by atoms with Gasteiger partial charge < -0.3 is 5.32 Å². The van der Waals surface area contributed by atoms with Gasteiger partial charge >= 0.3 is 5.69 Å². The molecule has 0 radical (unpaired) electrons. The second-order valence-electron chi connectivity index (χ2n) is 3.61. The predicted octanol–water partition coefficient (Wildman–Crippen LogP) is 2.38. The van der Waals surface area contributed by atoms with E-state index in [0.29, 0.717) is 5.69 Å². The van der Waals surface area contributed by atoms with Gasteiger partial charge in [0.15, 0.2) is 0 Å². The maximum atomic E-state index is 13.4. The summed E-state index contributed by atoms with van der Waals surface area (Å²) in [5, 5.41) is 13.0. The number of nitro benzene ring substituents is 1. The van der Waals surface area contributed by atoms with E-state index in [0.717, 1.165) is 12.1 Å². The third kappa shape index (κ3) is 2.89. The van der Waals surface area contributed by atoms with E-state index in [9.17, 15) is 19.3 Å². The second-order valence-corrected chi connectivity index (χ2v) is 3.61. The van der Waals surface area contributed by atoms with Crippen LogP contribution in [0.5, 0.6) is 0 Å². The summed E-state index contributed by atoms with van der Waals surface area (Å²) in [6.45, 7) is 0. The molecular weight excluding hydrogens is 253 g/mol. The number of carbonyl (C=O) groups is 1. The van der Waals surface area contributed by atoms with Crippen molar-refractivity contribution < 1.29 is 14.1 Å². The summed E-state index contributed by atoms with van der Waals surface area (Å²) in [4.78, 5) is 25.2. The standard InChI is InChI=1S/C12H8FN3O3/c13-10-7-8(1-2-11(10)16(18)19)12(17)15-9-3-5-14-6-4-9/h1-7H,(H,14,15,17). The number of amides is 1. The first-order valence-corrected chi connectivity index (χ1v) is 5.23. The summed E-state index contributed by atoms with van der Waals surface area (Å²) in [5.41, 5.74) is -0.167. The summed E-state index contributed by atoms with van der Waals surface area (Å²) in [6.07, 6.45) is 2.98. The number of nitro groups is 1. The normalized spacial score (nSPS) is 9.95. The van der Waals surface area contributed by atoms with Gasteiger partial charge in [-0.25, -0.2) is 0 Å². The van der Waals surface area contributed by atoms with Gasteiger partial charge in [0.25, 0.3) is 5.91 Å². The first-order valence-electron chi connectivity index (χ1n) is 5.23. The van der Waals surface area contributed by atoms with E-state index >= 15 is 0 Å². The Morgan fingerprint density at radius 1 is 1.26 bits per heavy atom. The number of benzene rings is 1. The number of anilines is 1. The highest BCUT2D eigenvalue weighted by Gasteiger charge is 2.16. The van der Waals surface area contributed by atoms with E-state index in [2.05, 4.69) is 10.3 Å². The van der Waals surface area contributed by atoms with Crippen molar-refractivity contribution in [2.24, 2.45) is 0 Å². The van der Waals surface area contributed by atoms with Crippen LogP contribution in [0.4, 0.5) is 15.8 Å². The monoisotopic (exact) mass is 261 g/mol. The Kier molecular flexibility index (Phi) is 3.46. The van der Waals surface area contributed by atoms with Gasteiger partial charge in [0.1, 0.15) is 0 Å². The minimum Gasteiger partial charge on any atom is -0.322 e. The van der Waals surface area contributed by atoms with Crippen LogP contribution in [0.2, 0.25) is 0 Å². The van der Waals surface area contributed by atoms with Crippen LogP contribution in [0.1, 0.15) is 10.4 Å². The zero-order chi connectivity index (χ0) is 13.8. The van der Waals surface area contributed by atoms with E-state index in [-0.39, 0.29) is 5.56 Å². The van der Waals surface area contributed by atoms with E-state index in [1.165, 1.54) is 18.5 Å². The molecule has 6 nitrogen and oxygen atoms in total. The van der Waals surface area contributed by atoms with Crippen molar-refractivity contribution in [1.82, 2.24) is 4.98 Å². The molecule has 1 aromatic heterocycles. The smallest absolute Gasteiger partial charge is 0.304 e. The predicted molar refractivity (Wildman–Crippen MR) is 65.2 cm³/mol. The van der Waals surface area contributed by atoms with Crippen LogP contribution in [-0.4, -0.2) is 15.8 Å². The molecule has 1 heterocycles. The maximum absolute atomic E-state index is 13.4. The lowest BCUT2D eigenvalue weighted by Crippen LogP contribution is -2.12. The molecule has 1 amide bonds. The van der Waals surface area contributed by atoms with Gasteiger partial charge in [-0.15, -0.1) is 0 Å². The molecule has 0 aliphatic carbocycles. The van der Waals surface area contributed by atoms with Gasteiger partial charge in [-0.2, -0.15) is 4.39 Å². The number of halogens is 1. The number of hydrogen-bond acceptors (Lipinski definition) is 4. The largest absolute Gasteiger partial charge is 0.322 e. The molecule has 0 unspecified atom stereocenters. The Morgan fingerprint density at radius 2 is 1.95 bits per heavy atom. The molecule has 0 aliphatic heterocycles. The molecule has 7 heteroatoms. The molecule has 19 heavy (non-hydrogen) atoms. The molecule has 2 aromatic rings. The van der Waals surface area contributed by atoms with Gasteiger partial charge in [-0.1, -0.05) is 0 Å². The third-order valence-corrected chi connectivity index (χ3v) is 2.34. The summed E-state index contributed by atoms with van der Waals surface area (Å²) in [7, 11) is 0. The minimum absolute atomic E-state index is 0.0000813. The highest BCUT2D eigenvalue weighted by Crippen LogP contribution is 2.18. The summed E-state index contributed by atoms with van der Waals surface area (Å²) in [5.74, 6) is -1.60. The lowest BCUT2D eigenvalue weighted by atomic mass is 10.2. The van der Waals surface area contributed by atoms with Gasteiger partial charge in [0.2, 0.25) is 5.82 Å². The van der Waals surface area contributed by atoms with Crippen molar-refractivity contribution in [3.8, 4) is 0 Å². The highest BCUT2D eigenvalue weighted by molar-refractivity contribution is 6.04. The summed E-state index contributed by atoms with van der Waals surface area (Å²) >= 11 is 0. The molecule has 0 spiro atoms. The van der Waals surface area contributed by atoms with Crippen LogP contribution in [-0.2, 0) is 0 Å². The molecule has 0 saturated heterocycles. The van der Waals surface area contributed by atoms with Crippen molar-refractivity contribution in [2.45, 2.75) is 0 Å². The molecule has 96 valence electrons. The van der Waals surface area contributed by atoms with Crippen molar-refractivity contribution in [3.05, 3.63) is 64.2 Å². The number of carbonyl (C=O) groups excluding carboxylic acids is 1. The zero-order valence-corrected chi connectivity index (χ0v) is 9.54. The van der Waals surface area contributed by atoms with Crippen molar-refractivity contribution in [3.63, 3.8) is 0 Å². The average Bonchev–Trinajstić information content (AvgIpc) is 2.39. The average molecular weight is 261 g/mol. The van der Waals surface area contributed by atoms with Crippen molar-refractivity contribution in [2.75, 3.05) is 5.32 Å². The number of rotatable bonds is 3. The number of aromatic nitrogens is 1. The molecule has 0 saturated carbocycles. The van der Waals surface area contributed by atoms with E-state index in [1.807, 2.05) is 0 Å². The van der Waals surface area contributed by atoms with Crippen LogP contribution in [0.15, 0.2) is 42.7 Å². The Labute approximate surface area is 107 Å². The molecular formula is C12H8FN3O3. The van der Waals surface area contributed by atoms with Crippen molar-refractivity contribution in [1.29, 1.82) is 0 Å². The SMILES string of the molecule is O=C(Nc1ccncc1)c1ccc([N+](=O)[O-])c(F)c1. The van der Waals surface area contributed by atoms with Gasteiger partial charge in [0, 0.05) is 29.7 Å². The number of hydrogen-bond donors (Lipinski definition) is 1. The van der Waals surface area contributed by atoms with E-state index in [4.69, 9.17) is 0 Å². The lowest BCUT2D eigenvalue weighted by Gasteiger charge is -2.04. The van der Waals surface area contributed by atoms with Crippen LogP contribution >= 0.6 is 0 Å². The van der Waals surface area contributed by atoms with Crippen LogP contribution in [0, 0.1) is 15.9 Å². The molecule has 0 aliphatic rings. The molecule has 0 fully saturated rings. The van der Waals surface area contributed by atoms with Crippen LogP contribution in [0.25, 0.3) is 0 Å². The lowest BCUT2D eigenvalue weighted by molar-refractivity contribution is -0.387. The Hall–Kier alpha value is -2.83. The first kappa shape index (κ1) is 12.6. The molecule has 1 aromatic carbocycles. The topological polar surface area (TPSA) is 85.1 Å². The molecule has 2 rings (SSSR count). The third-order valence-electron chi connectivity index (χ3n) is 2.34. The quantitative estimate of drug-likeness (QED) is 0.679. The molecule has 0 bridgehead atoms. The molecule has 1 N–H and O–H groups in total. The first-order chi connectivity index (χ1) is 9.08. The number of pyridine rings is 1. The van der Waals surface area contributed by atoms with E-state index in [1.54, 1.807) is 12.1 Å². The Balaban J connectivity index is 2.21. The van der Waals surface area contributed by atoms with Crippen molar-refractivity contribution >= 4 is 17.3 Å². The number of nitrogens with one attached hydrogen (secondary N) is 1. The Morgan fingerprint density at radius 3 is 2.53 bits per heavy atom. The second kappa shape index (κ2) is 5.21. The van der Waals surface area contributed by atoms with Crippen LogP contribution in [0.3, 0.4) is 0 Å². The summed E-state index contributed by atoms with van der Waals surface area (Å²) < 4.78 is 13.4.